The summed E-state index contributed by atoms with van der Waals surface area (Å²) in [5.41, 5.74) is 1.56. The highest BCUT2D eigenvalue weighted by Crippen LogP contribution is 2.63. The van der Waals surface area contributed by atoms with E-state index in [9.17, 15) is 14.7 Å². The Morgan fingerprint density at radius 2 is 1.59 bits per heavy atom. The third-order valence-electron chi connectivity index (χ3n) is 5.91. The minimum Gasteiger partial charge on any atom is -0.363 e. The van der Waals surface area contributed by atoms with Crippen LogP contribution in [0.1, 0.15) is 32.4 Å². The Morgan fingerprint density at radius 1 is 1.00 bits per heavy atom. The summed E-state index contributed by atoms with van der Waals surface area (Å²) in [7, 11) is -2.95. The van der Waals surface area contributed by atoms with Crippen LogP contribution in [0.4, 0.5) is 11.4 Å². The van der Waals surface area contributed by atoms with E-state index in [0.717, 1.165) is 57.9 Å². The Balaban J connectivity index is 1.55. The van der Waals surface area contributed by atoms with E-state index in [1.807, 2.05) is 22.3 Å². The van der Waals surface area contributed by atoms with Crippen LogP contribution in [0.3, 0.4) is 0 Å². The topological polar surface area (TPSA) is 81.9 Å². The van der Waals surface area contributed by atoms with Crippen molar-refractivity contribution in [3.05, 3.63) is 33.9 Å². The number of piperazine rings is 1. The minimum atomic E-state index is -2.95. The number of anilines is 1. The molecule has 1 unspecified atom stereocenters. The Morgan fingerprint density at radius 3 is 2.07 bits per heavy atom. The van der Waals surface area contributed by atoms with Gasteiger partial charge in [0, 0.05) is 64.5 Å². The molecule has 1 aromatic carbocycles. The predicted octanol–water partition coefficient (Wildman–Crippen LogP) is 2.94. The van der Waals surface area contributed by atoms with Gasteiger partial charge in [0.05, 0.1) is 11.0 Å². The van der Waals surface area contributed by atoms with Gasteiger partial charge in [-0.05, 0) is 38.5 Å². The van der Waals surface area contributed by atoms with E-state index in [0.29, 0.717) is 11.7 Å². The molecule has 3 aliphatic rings. The van der Waals surface area contributed by atoms with Gasteiger partial charge in [-0.3, -0.25) is 24.1 Å². The molecule has 0 amide bonds. The third-order valence-corrected chi connectivity index (χ3v) is 8.73. The molecule has 1 aromatic rings. The molecule has 29 heavy (non-hydrogen) atoms. The summed E-state index contributed by atoms with van der Waals surface area (Å²) in [5, 5.41) is 11.6. The number of nitrogens with zero attached hydrogens (tertiary/aromatic N) is 5. The lowest BCUT2D eigenvalue weighted by molar-refractivity contribution is -0.384. The fourth-order valence-corrected chi connectivity index (χ4v) is 6.20. The highest BCUT2D eigenvalue weighted by atomic mass is 31.2. The van der Waals surface area contributed by atoms with Gasteiger partial charge in [0.2, 0.25) is 0 Å². The van der Waals surface area contributed by atoms with Crippen LogP contribution < -0.4 is 4.90 Å². The summed E-state index contributed by atoms with van der Waals surface area (Å²) in [4.78, 5) is 15.8. The zero-order chi connectivity index (χ0) is 20.8. The van der Waals surface area contributed by atoms with Gasteiger partial charge in [-0.25, -0.2) is 9.34 Å². The average molecular weight is 423 g/mol. The van der Waals surface area contributed by atoms with Crippen LogP contribution in [0, 0.1) is 10.1 Å². The first-order chi connectivity index (χ1) is 13.8. The van der Waals surface area contributed by atoms with Crippen molar-refractivity contribution in [2.75, 3.05) is 57.3 Å². The zero-order valence-electron chi connectivity index (χ0n) is 17.4. The van der Waals surface area contributed by atoms with E-state index in [-0.39, 0.29) is 10.6 Å². The lowest BCUT2D eigenvalue weighted by Gasteiger charge is -2.38. The molecule has 0 aromatic heterocycles. The number of hydrogen-bond donors (Lipinski definition) is 0. The van der Waals surface area contributed by atoms with Crippen LogP contribution in [0.15, 0.2) is 18.2 Å². The summed E-state index contributed by atoms with van der Waals surface area (Å²) in [6, 6.07) is 5.60. The van der Waals surface area contributed by atoms with Gasteiger partial charge in [0.1, 0.15) is 5.69 Å². The fraction of sp³-hybridized carbons (Fsp3) is 0.684. The first kappa shape index (κ1) is 20.8. The summed E-state index contributed by atoms with van der Waals surface area (Å²) in [5.74, 6) is 0. The van der Waals surface area contributed by atoms with E-state index < -0.39 is 13.8 Å². The normalized spacial score (nSPS) is 22.1. The Bertz CT molecular complexity index is 803. The van der Waals surface area contributed by atoms with Crippen LogP contribution in [-0.4, -0.2) is 77.6 Å². The molecule has 0 radical (unpaired) electrons. The van der Waals surface area contributed by atoms with Gasteiger partial charge in [0.25, 0.3) is 5.69 Å². The number of rotatable bonds is 8. The van der Waals surface area contributed by atoms with Crippen molar-refractivity contribution >= 4 is 19.0 Å². The molecule has 0 saturated carbocycles. The van der Waals surface area contributed by atoms with Gasteiger partial charge in [0.15, 0.2) is 0 Å². The number of nitro benzene ring substituents is 1. The molecule has 0 N–H and O–H groups in total. The molecule has 9 nitrogen and oxygen atoms in total. The highest BCUT2D eigenvalue weighted by molar-refractivity contribution is 7.54. The summed E-state index contributed by atoms with van der Waals surface area (Å²) >= 11 is 0. The van der Waals surface area contributed by atoms with E-state index in [1.165, 1.54) is 0 Å². The molecular formula is C19H30N5O4P. The minimum absolute atomic E-state index is 0.110. The number of benzene rings is 1. The molecule has 0 bridgehead atoms. The van der Waals surface area contributed by atoms with Crippen LogP contribution in [0.25, 0.3) is 0 Å². The van der Waals surface area contributed by atoms with Crippen LogP contribution in [-0.2, 0) is 9.09 Å². The van der Waals surface area contributed by atoms with Crippen LogP contribution in [0.2, 0.25) is 0 Å². The molecule has 10 heteroatoms. The second-order valence-corrected chi connectivity index (χ2v) is 10.6. The van der Waals surface area contributed by atoms with Gasteiger partial charge >= 0.3 is 7.67 Å². The van der Waals surface area contributed by atoms with Gasteiger partial charge in [-0.1, -0.05) is 0 Å². The molecule has 3 aliphatic heterocycles. The molecule has 1 atom stereocenters. The molecule has 3 saturated heterocycles. The molecule has 4 rings (SSSR count). The second-order valence-electron chi connectivity index (χ2n) is 8.27. The van der Waals surface area contributed by atoms with Crippen molar-refractivity contribution < 1.29 is 14.0 Å². The van der Waals surface area contributed by atoms with E-state index in [4.69, 9.17) is 4.52 Å². The Labute approximate surface area is 171 Å². The standard InChI is InChI=1S/C19H30N5O4P/c1-15(2)20-6-8-21(9-7-20)19-14-17(4-5-18(19)24(25)26)16(3)28-29(27,22-10-11-22)23-12-13-23/h4-5,14-16H,6-13H2,1-3H3. The first-order valence-corrected chi connectivity index (χ1v) is 11.9. The number of nitro groups is 1. The fourth-order valence-electron chi connectivity index (χ4n) is 3.85. The molecule has 160 valence electrons. The highest BCUT2D eigenvalue weighted by Gasteiger charge is 2.50. The van der Waals surface area contributed by atoms with Crippen molar-refractivity contribution in [1.29, 1.82) is 0 Å². The molecule has 0 spiro atoms. The van der Waals surface area contributed by atoms with Crippen molar-refractivity contribution in [2.45, 2.75) is 32.9 Å². The van der Waals surface area contributed by atoms with E-state index in [1.54, 1.807) is 12.1 Å². The van der Waals surface area contributed by atoms with E-state index in [2.05, 4.69) is 23.6 Å². The molecule has 0 aliphatic carbocycles. The third kappa shape index (κ3) is 4.34. The second kappa shape index (κ2) is 7.96. The number of hydrogen-bond acceptors (Lipinski definition) is 6. The molecular weight excluding hydrogens is 393 g/mol. The molecule has 3 heterocycles. The maximum absolute atomic E-state index is 13.3. The maximum Gasteiger partial charge on any atom is 0.346 e. The zero-order valence-corrected chi connectivity index (χ0v) is 18.3. The van der Waals surface area contributed by atoms with Crippen molar-refractivity contribution in [3.63, 3.8) is 0 Å². The largest absolute Gasteiger partial charge is 0.363 e. The quantitative estimate of drug-likeness (QED) is 0.273. The Kier molecular flexibility index (Phi) is 5.70. The van der Waals surface area contributed by atoms with Crippen molar-refractivity contribution in [2.24, 2.45) is 0 Å². The van der Waals surface area contributed by atoms with Gasteiger partial charge < -0.3 is 4.90 Å². The smallest absolute Gasteiger partial charge is 0.346 e. The SMILES string of the molecule is CC(OP(=O)(N1CC1)N1CC1)c1ccc([N+](=O)[O-])c(N2CCN(C(C)C)CC2)c1. The Hall–Kier alpha value is -1.51. The monoisotopic (exact) mass is 423 g/mol. The molecule has 3 fully saturated rings. The van der Waals surface area contributed by atoms with Crippen molar-refractivity contribution in [3.8, 4) is 0 Å². The lowest BCUT2D eigenvalue weighted by Crippen LogP contribution is -2.49. The average Bonchev–Trinajstić information content (AvgIpc) is 3.58. The summed E-state index contributed by atoms with van der Waals surface area (Å²) in [6.45, 7) is 12.7. The maximum atomic E-state index is 13.3. The summed E-state index contributed by atoms with van der Waals surface area (Å²) in [6.07, 6.45) is -0.404. The van der Waals surface area contributed by atoms with Crippen LogP contribution >= 0.6 is 7.67 Å². The van der Waals surface area contributed by atoms with Crippen molar-refractivity contribution in [1.82, 2.24) is 14.2 Å². The van der Waals surface area contributed by atoms with Gasteiger partial charge in [-0.15, -0.1) is 0 Å². The van der Waals surface area contributed by atoms with Gasteiger partial charge in [-0.2, -0.15) is 0 Å². The first-order valence-electron chi connectivity index (χ1n) is 10.4. The lowest BCUT2D eigenvalue weighted by atomic mass is 10.1. The van der Waals surface area contributed by atoms with Crippen LogP contribution in [0.5, 0.6) is 0 Å². The van der Waals surface area contributed by atoms with E-state index >= 15 is 0 Å². The summed E-state index contributed by atoms with van der Waals surface area (Å²) < 4.78 is 23.1. The predicted molar refractivity (Wildman–Crippen MR) is 112 cm³/mol.